The van der Waals surface area contributed by atoms with Gasteiger partial charge in [-0.2, -0.15) is 5.10 Å². The summed E-state index contributed by atoms with van der Waals surface area (Å²) in [6.07, 6.45) is 6.34. The lowest BCUT2D eigenvalue weighted by Crippen LogP contribution is -2.20. The summed E-state index contributed by atoms with van der Waals surface area (Å²) < 4.78 is 29.1. The molecule has 0 spiro atoms. The average molecular weight is 526 g/mol. The summed E-state index contributed by atoms with van der Waals surface area (Å²) in [5.74, 6) is -0.595. The highest BCUT2D eigenvalue weighted by Gasteiger charge is 2.19. The Balaban J connectivity index is 1.39. The number of hydrogen-bond acceptors (Lipinski definition) is 6. The van der Waals surface area contributed by atoms with Crippen molar-refractivity contribution in [3.63, 3.8) is 0 Å². The molecule has 39 heavy (non-hydrogen) atoms. The maximum Gasteiger partial charge on any atom is 0.159 e. The summed E-state index contributed by atoms with van der Waals surface area (Å²) >= 11 is 0. The van der Waals surface area contributed by atoms with E-state index < -0.39 is 17.9 Å². The van der Waals surface area contributed by atoms with Crippen LogP contribution in [0, 0.1) is 17.6 Å². The van der Waals surface area contributed by atoms with Crippen molar-refractivity contribution in [2.24, 2.45) is 5.92 Å². The van der Waals surface area contributed by atoms with Gasteiger partial charge in [0.2, 0.25) is 0 Å². The van der Waals surface area contributed by atoms with Crippen LogP contribution in [0.15, 0.2) is 67.3 Å². The molecule has 1 atom stereocenters. The fourth-order valence-corrected chi connectivity index (χ4v) is 4.73. The number of H-pyrrole nitrogens is 2. The standard InChI is InChI=1S/C29H25F2N7O/c1-15(2)8-25(39)34-18-9-17(11-32-12-18)16-6-7-23-19(10-16)28(38-37-23)29-35-24-14-33-13-20(27(24)36-29)26-21(30)4-3-5-22(26)31/h3-7,9-15,25,34,39H,8H2,1-2H3,(H,35,36)(H,37,38). The second kappa shape index (κ2) is 9.88. The number of aromatic amines is 2. The molecule has 0 radical (unpaired) electrons. The first-order valence-corrected chi connectivity index (χ1v) is 12.5. The maximum absolute atomic E-state index is 14.6. The van der Waals surface area contributed by atoms with E-state index in [4.69, 9.17) is 0 Å². The lowest BCUT2D eigenvalue weighted by molar-refractivity contribution is 0.176. The quantitative estimate of drug-likeness (QED) is 0.182. The first kappa shape index (κ1) is 24.6. The number of nitrogens with zero attached hydrogens (tertiary/aromatic N) is 4. The van der Waals surface area contributed by atoms with Crippen LogP contribution in [0.4, 0.5) is 14.5 Å². The number of aromatic nitrogens is 6. The van der Waals surface area contributed by atoms with Crippen LogP contribution in [-0.2, 0) is 0 Å². The second-order valence-electron chi connectivity index (χ2n) is 9.85. The number of aliphatic hydroxyl groups excluding tert-OH is 1. The van der Waals surface area contributed by atoms with E-state index in [0.717, 1.165) is 22.0 Å². The molecule has 6 aromatic rings. The molecule has 2 aromatic carbocycles. The number of imidazole rings is 1. The van der Waals surface area contributed by atoms with Crippen LogP contribution in [0.1, 0.15) is 20.3 Å². The first-order valence-electron chi connectivity index (χ1n) is 12.5. The highest BCUT2D eigenvalue weighted by molar-refractivity contribution is 5.98. The summed E-state index contributed by atoms with van der Waals surface area (Å²) in [6, 6.07) is 11.5. The Hall–Kier alpha value is -4.70. The molecular formula is C29H25F2N7O. The van der Waals surface area contributed by atoms with E-state index in [1.54, 1.807) is 18.6 Å². The van der Waals surface area contributed by atoms with Gasteiger partial charge in [-0.3, -0.25) is 15.1 Å². The zero-order valence-corrected chi connectivity index (χ0v) is 21.2. The molecule has 10 heteroatoms. The van der Waals surface area contributed by atoms with Gasteiger partial charge in [0, 0.05) is 28.9 Å². The summed E-state index contributed by atoms with van der Waals surface area (Å²) in [5, 5.41) is 21.7. The Bertz CT molecular complexity index is 1790. The summed E-state index contributed by atoms with van der Waals surface area (Å²) in [6.45, 7) is 4.10. The first-order chi connectivity index (χ1) is 18.9. The number of pyridine rings is 2. The Labute approximate surface area is 222 Å². The SMILES string of the molecule is CC(C)CC(O)Nc1cncc(-c2ccc3[nH]nc(-c4nc5c(-c6c(F)cccc6F)cncc5[nH]4)c3c2)c1. The van der Waals surface area contributed by atoms with Gasteiger partial charge in [-0.25, -0.2) is 13.8 Å². The molecule has 0 aliphatic carbocycles. The fourth-order valence-electron chi connectivity index (χ4n) is 4.73. The van der Waals surface area contributed by atoms with Crippen molar-refractivity contribution in [3.05, 3.63) is 78.9 Å². The largest absolute Gasteiger partial charge is 0.374 e. The number of anilines is 1. The molecule has 196 valence electrons. The van der Waals surface area contributed by atoms with Gasteiger partial charge < -0.3 is 15.4 Å². The maximum atomic E-state index is 14.6. The van der Waals surface area contributed by atoms with Crippen molar-refractivity contribution >= 4 is 27.6 Å². The molecule has 4 aromatic heterocycles. The molecule has 6 rings (SSSR count). The van der Waals surface area contributed by atoms with Crippen LogP contribution in [0.2, 0.25) is 0 Å². The van der Waals surface area contributed by atoms with E-state index in [1.807, 2.05) is 24.3 Å². The summed E-state index contributed by atoms with van der Waals surface area (Å²) in [4.78, 5) is 16.4. The number of benzene rings is 2. The number of hydrogen-bond donors (Lipinski definition) is 4. The lowest BCUT2D eigenvalue weighted by atomic mass is 10.0. The lowest BCUT2D eigenvalue weighted by Gasteiger charge is -2.16. The second-order valence-corrected chi connectivity index (χ2v) is 9.85. The molecule has 0 aliphatic heterocycles. The molecule has 4 N–H and O–H groups in total. The van der Waals surface area contributed by atoms with Gasteiger partial charge in [0.05, 0.1) is 34.7 Å². The molecule has 0 saturated heterocycles. The van der Waals surface area contributed by atoms with Crippen molar-refractivity contribution in [1.29, 1.82) is 0 Å². The van der Waals surface area contributed by atoms with Gasteiger partial charge in [0.1, 0.15) is 29.1 Å². The molecule has 0 fully saturated rings. The third-order valence-corrected chi connectivity index (χ3v) is 6.51. The molecule has 1 unspecified atom stereocenters. The van der Waals surface area contributed by atoms with E-state index in [2.05, 4.69) is 49.3 Å². The van der Waals surface area contributed by atoms with Crippen molar-refractivity contribution in [2.75, 3.05) is 5.32 Å². The molecule has 0 bridgehead atoms. The number of aliphatic hydroxyl groups is 1. The number of fused-ring (bicyclic) bond motifs is 2. The van der Waals surface area contributed by atoms with Crippen LogP contribution in [0.25, 0.3) is 55.7 Å². The van der Waals surface area contributed by atoms with Crippen LogP contribution >= 0.6 is 0 Å². The van der Waals surface area contributed by atoms with Gasteiger partial charge in [0.15, 0.2) is 5.82 Å². The zero-order chi connectivity index (χ0) is 27.1. The predicted molar refractivity (Wildman–Crippen MR) is 147 cm³/mol. The van der Waals surface area contributed by atoms with E-state index in [9.17, 15) is 13.9 Å². The molecular weight excluding hydrogens is 500 g/mol. The summed E-state index contributed by atoms with van der Waals surface area (Å²) in [7, 11) is 0. The Morgan fingerprint density at radius 3 is 2.51 bits per heavy atom. The van der Waals surface area contributed by atoms with E-state index >= 15 is 0 Å². The predicted octanol–water partition coefficient (Wildman–Crippen LogP) is 6.28. The zero-order valence-electron chi connectivity index (χ0n) is 21.2. The smallest absolute Gasteiger partial charge is 0.159 e. The fraction of sp³-hybridized carbons (Fsp3) is 0.172. The van der Waals surface area contributed by atoms with Gasteiger partial charge in [0.25, 0.3) is 0 Å². The van der Waals surface area contributed by atoms with Gasteiger partial charge in [-0.1, -0.05) is 26.0 Å². The summed E-state index contributed by atoms with van der Waals surface area (Å²) in [5.41, 5.74) is 4.80. The molecule has 8 nitrogen and oxygen atoms in total. The van der Waals surface area contributed by atoms with Gasteiger partial charge >= 0.3 is 0 Å². The van der Waals surface area contributed by atoms with Crippen molar-refractivity contribution in [3.8, 4) is 33.8 Å². The minimum absolute atomic E-state index is 0.178. The average Bonchev–Trinajstić information content (AvgIpc) is 3.52. The van der Waals surface area contributed by atoms with Crippen molar-refractivity contribution in [1.82, 2.24) is 30.1 Å². The normalized spacial score (nSPS) is 12.5. The van der Waals surface area contributed by atoms with Gasteiger partial charge in [-0.15, -0.1) is 0 Å². The minimum Gasteiger partial charge on any atom is -0.374 e. The van der Waals surface area contributed by atoms with Crippen LogP contribution in [-0.4, -0.2) is 41.5 Å². The Morgan fingerprint density at radius 1 is 0.923 bits per heavy atom. The monoisotopic (exact) mass is 525 g/mol. The van der Waals surface area contributed by atoms with Crippen molar-refractivity contribution < 1.29 is 13.9 Å². The number of nitrogens with one attached hydrogen (secondary N) is 3. The van der Waals surface area contributed by atoms with Crippen molar-refractivity contribution in [2.45, 2.75) is 26.5 Å². The Morgan fingerprint density at radius 2 is 1.72 bits per heavy atom. The topological polar surface area (TPSA) is 115 Å². The number of halogens is 2. The van der Waals surface area contributed by atoms with E-state index in [0.29, 0.717) is 40.6 Å². The van der Waals surface area contributed by atoms with Crippen LogP contribution < -0.4 is 5.32 Å². The number of rotatable bonds is 7. The van der Waals surface area contributed by atoms with E-state index in [1.165, 1.54) is 24.4 Å². The molecule has 0 saturated carbocycles. The van der Waals surface area contributed by atoms with Gasteiger partial charge in [-0.05, 0) is 48.2 Å². The molecule has 4 heterocycles. The third kappa shape index (κ3) is 4.70. The van der Waals surface area contributed by atoms with E-state index in [-0.39, 0.29) is 11.1 Å². The van der Waals surface area contributed by atoms with Crippen LogP contribution in [0.5, 0.6) is 0 Å². The third-order valence-electron chi connectivity index (χ3n) is 6.51. The molecule has 0 aliphatic rings. The van der Waals surface area contributed by atoms with Crippen LogP contribution in [0.3, 0.4) is 0 Å². The highest BCUT2D eigenvalue weighted by atomic mass is 19.1. The Kier molecular flexibility index (Phi) is 6.24. The highest BCUT2D eigenvalue weighted by Crippen LogP contribution is 2.34. The molecule has 0 amide bonds. The minimum atomic E-state index is -0.689.